The molecule has 2 aliphatic rings. The molecule has 102 valence electrons. The summed E-state index contributed by atoms with van der Waals surface area (Å²) >= 11 is 5.13. The van der Waals surface area contributed by atoms with Crippen LogP contribution in [0.25, 0.3) is 0 Å². The van der Waals surface area contributed by atoms with Crippen molar-refractivity contribution in [1.82, 2.24) is 9.80 Å². The van der Waals surface area contributed by atoms with E-state index in [1.807, 2.05) is 12.1 Å². The highest BCUT2D eigenvalue weighted by atomic mass is 32.1. The highest BCUT2D eigenvalue weighted by molar-refractivity contribution is 7.80. The van der Waals surface area contributed by atoms with Gasteiger partial charge in [0.25, 0.3) is 0 Å². The summed E-state index contributed by atoms with van der Waals surface area (Å²) in [7, 11) is 0. The molecule has 4 heteroatoms. The molecule has 2 fully saturated rings. The number of thiocarbonyl (C=S) groups is 1. The third-order valence-corrected chi connectivity index (χ3v) is 4.37. The van der Waals surface area contributed by atoms with Crippen LogP contribution in [0.2, 0.25) is 0 Å². The van der Waals surface area contributed by atoms with E-state index < -0.39 is 0 Å². The molecule has 0 aromatic heterocycles. The second-order valence-corrected chi connectivity index (χ2v) is 6.00. The summed E-state index contributed by atoms with van der Waals surface area (Å²) < 4.78 is 0. The minimum atomic E-state index is 0.507. The van der Waals surface area contributed by atoms with Gasteiger partial charge in [-0.2, -0.15) is 0 Å². The van der Waals surface area contributed by atoms with E-state index in [-0.39, 0.29) is 0 Å². The van der Waals surface area contributed by atoms with Crippen molar-refractivity contribution in [2.75, 3.05) is 26.2 Å². The van der Waals surface area contributed by atoms with E-state index in [9.17, 15) is 0 Å². The molecule has 0 amide bonds. The van der Waals surface area contributed by atoms with Crippen molar-refractivity contribution in [1.29, 1.82) is 0 Å². The van der Waals surface area contributed by atoms with Gasteiger partial charge >= 0.3 is 0 Å². The summed E-state index contributed by atoms with van der Waals surface area (Å²) in [5.41, 5.74) is 8.08. The van der Waals surface area contributed by atoms with Gasteiger partial charge < -0.3 is 5.73 Å². The van der Waals surface area contributed by atoms with Crippen molar-refractivity contribution in [2.24, 2.45) is 5.73 Å². The van der Waals surface area contributed by atoms with Gasteiger partial charge in [0.15, 0.2) is 0 Å². The maximum absolute atomic E-state index is 5.79. The number of rotatable bonds is 4. The molecule has 0 spiro atoms. The molecule has 3 nitrogen and oxygen atoms in total. The second kappa shape index (κ2) is 5.57. The molecular weight excluding hydrogens is 254 g/mol. The van der Waals surface area contributed by atoms with Gasteiger partial charge in [-0.15, -0.1) is 0 Å². The van der Waals surface area contributed by atoms with Crippen LogP contribution in [-0.2, 0) is 6.54 Å². The molecule has 1 saturated carbocycles. The first kappa shape index (κ1) is 13.0. The van der Waals surface area contributed by atoms with Gasteiger partial charge in [0.05, 0.1) is 0 Å². The lowest BCUT2D eigenvalue weighted by Crippen LogP contribution is -2.46. The second-order valence-electron chi connectivity index (χ2n) is 5.56. The first-order chi connectivity index (χ1) is 9.24. The average molecular weight is 275 g/mol. The summed E-state index contributed by atoms with van der Waals surface area (Å²) in [6.07, 6.45) is 2.81. The van der Waals surface area contributed by atoms with Crippen LogP contribution < -0.4 is 5.73 Å². The Bertz CT molecular complexity index is 462. The first-order valence-corrected chi connectivity index (χ1v) is 7.49. The van der Waals surface area contributed by atoms with Gasteiger partial charge in [-0.1, -0.05) is 36.5 Å². The van der Waals surface area contributed by atoms with Crippen LogP contribution in [0.3, 0.4) is 0 Å². The van der Waals surface area contributed by atoms with E-state index in [4.69, 9.17) is 18.0 Å². The van der Waals surface area contributed by atoms with Crippen LogP contribution in [0, 0.1) is 0 Å². The van der Waals surface area contributed by atoms with E-state index in [2.05, 4.69) is 21.9 Å². The molecule has 1 aliphatic heterocycles. The lowest BCUT2D eigenvalue weighted by Gasteiger charge is -2.35. The molecule has 19 heavy (non-hydrogen) atoms. The highest BCUT2D eigenvalue weighted by Gasteiger charge is 2.31. The predicted octanol–water partition coefficient (Wildman–Crippen LogP) is 1.60. The molecule has 3 rings (SSSR count). The van der Waals surface area contributed by atoms with E-state index in [0.717, 1.165) is 31.2 Å². The molecule has 1 heterocycles. The minimum Gasteiger partial charge on any atom is -0.389 e. The number of benzene rings is 1. The van der Waals surface area contributed by atoms with Gasteiger partial charge in [0, 0.05) is 44.3 Å². The minimum absolute atomic E-state index is 0.507. The number of hydrogen-bond acceptors (Lipinski definition) is 3. The maximum atomic E-state index is 5.79. The fourth-order valence-corrected chi connectivity index (χ4v) is 3.06. The van der Waals surface area contributed by atoms with Gasteiger partial charge in [0.2, 0.25) is 0 Å². The van der Waals surface area contributed by atoms with Crippen LogP contribution in [0.5, 0.6) is 0 Å². The number of nitrogens with zero attached hydrogens (tertiary/aromatic N) is 2. The maximum Gasteiger partial charge on any atom is 0.104 e. The zero-order valence-electron chi connectivity index (χ0n) is 11.2. The Kier molecular flexibility index (Phi) is 3.82. The van der Waals surface area contributed by atoms with Crippen molar-refractivity contribution in [2.45, 2.75) is 25.4 Å². The molecular formula is C15H21N3S. The van der Waals surface area contributed by atoms with Crippen molar-refractivity contribution >= 4 is 17.2 Å². The van der Waals surface area contributed by atoms with Crippen molar-refractivity contribution in [3.63, 3.8) is 0 Å². The number of hydrogen-bond donors (Lipinski definition) is 1. The zero-order valence-corrected chi connectivity index (χ0v) is 12.0. The number of piperazine rings is 1. The quantitative estimate of drug-likeness (QED) is 0.846. The summed E-state index contributed by atoms with van der Waals surface area (Å²) in [6, 6.07) is 9.13. The smallest absolute Gasteiger partial charge is 0.104 e. The van der Waals surface area contributed by atoms with Gasteiger partial charge in [0.1, 0.15) is 4.99 Å². The lowest BCUT2D eigenvalue weighted by molar-refractivity contribution is 0.121. The van der Waals surface area contributed by atoms with E-state index >= 15 is 0 Å². The molecule has 2 N–H and O–H groups in total. The van der Waals surface area contributed by atoms with Crippen molar-refractivity contribution in [3.8, 4) is 0 Å². The van der Waals surface area contributed by atoms with Gasteiger partial charge in [-0.25, -0.2) is 0 Å². The van der Waals surface area contributed by atoms with Gasteiger partial charge in [-0.3, -0.25) is 9.80 Å². The van der Waals surface area contributed by atoms with Crippen LogP contribution in [-0.4, -0.2) is 47.0 Å². The lowest BCUT2D eigenvalue weighted by atomic mass is 10.1. The largest absolute Gasteiger partial charge is 0.389 e. The molecule has 1 aromatic carbocycles. The summed E-state index contributed by atoms with van der Waals surface area (Å²) in [5, 5.41) is 0. The van der Waals surface area contributed by atoms with Crippen LogP contribution in [0.1, 0.15) is 24.0 Å². The summed E-state index contributed by atoms with van der Waals surface area (Å²) in [5.74, 6) is 0. The van der Waals surface area contributed by atoms with Crippen LogP contribution >= 0.6 is 12.2 Å². The first-order valence-electron chi connectivity index (χ1n) is 7.08. The molecule has 0 bridgehead atoms. The molecule has 0 radical (unpaired) electrons. The Morgan fingerprint density at radius 3 is 2.47 bits per heavy atom. The SMILES string of the molecule is NC(=S)c1ccccc1CN1CCN(C2CC2)CC1. The summed E-state index contributed by atoms with van der Waals surface area (Å²) in [6.45, 7) is 5.69. The molecule has 1 saturated heterocycles. The predicted molar refractivity (Wildman–Crippen MR) is 82.2 cm³/mol. The molecule has 0 atom stereocenters. The number of nitrogens with two attached hydrogens (primary N) is 1. The van der Waals surface area contributed by atoms with Crippen molar-refractivity contribution < 1.29 is 0 Å². The average Bonchev–Trinajstić information content (AvgIpc) is 3.24. The molecule has 0 unspecified atom stereocenters. The highest BCUT2D eigenvalue weighted by Crippen LogP contribution is 2.27. The fourth-order valence-electron chi connectivity index (χ4n) is 2.87. The van der Waals surface area contributed by atoms with E-state index in [1.54, 1.807) is 0 Å². The standard InChI is InChI=1S/C15H21N3S/c16-15(19)14-4-2-1-3-12(14)11-17-7-9-18(10-8-17)13-5-6-13/h1-4,13H,5-11H2,(H2,16,19). The fraction of sp³-hybridized carbons (Fsp3) is 0.533. The van der Waals surface area contributed by atoms with Crippen LogP contribution in [0.4, 0.5) is 0 Å². The normalized spacial score (nSPS) is 21.5. The van der Waals surface area contributed by atoms with Crippen molar-refractivity contribution in [3.05, 3.63) is 35.4 Å². The Morgan fingerprint density at radius 1 is 1.16 bits per heavy atom. The summed E-state index contributed by atoms with van der Waals surface area (Å²) in [4.78, 5) is 5.65. The van der Waals surface area contributed by atoms with E-state index in [1.165, 1.54) is 31.5 Å². The zero-order chi connectivity index (χ0) is 13.2. The van der Waals surface area contributed by atoms with Gasteiger partial charge in [-0.05, 0) is 18.4 Å². The molecule has 1 aromatic rings. The molecule has 1 aliphatic carbocycles. The topological polar surface area (TPSA) is 32.5 Å². The third-order valence-electron chi connectivity index (χ3n) is 4.15. The third kappa shape index (κ3) is 3.14. The Hall–Kier alpha value is -0.970. The Balaban J connectivity index is 1.61. The monoisotopic (exact) mass is 275 g/mol. The Morgan fingerprint density at radius 2 is 1.84 bits per heavy atom. The van der Waals surface area contributed by atoms with Crippen LogP contribution in [0.15, 0.2) is 24.3 Å². The Labute approximate surface area is 120 Å². The van der Waals surface area contributed by atoms with E-state index in [0.29, 0.717) is 4.99 Å².